The van der Waals surface area contributed by atoms with E-state index < -0.39 is 53.6 Å². The van der Waals surface area contributed by atoms with Crippen molar-refractivity contribution < 1.29 is 63.2 Å². The number of benzene rings is 2. The number of phenolic OH excluding ortho intramolecular Hbond substituents is 2. The minimum atomic E-state index is -1.82. The Morgan fingerprint density at radius 1 is 1.03 bits per heavy atom. The highest BCUT2D eigenvalue weighted by molar-refractivity contribution is 5.91. The lowest BCUT2D eigenvalue weighted by atomic mass is 9.99. The third-order valence-corrected chi connectivity index (χ3v) is 6.12. The van der Waals surface area contributed by atoms with E-state index in [4.69, 9.17) is 28.1 Å². The number of methoxy groups -OCH3 is 2. The molecular weight excluding hydrogens is 512 g/mol. The van der Waals surface area contributed by atoms with Crippen LogP contribution in [0.2, 0.25) is 0 Å². The van der Waals surface area contributed by atoms with Crippen LogP contribution in [0.1, 0.15) is 0 Å². The second-order valence-corrected chi connectivity index (χ2v) is 8.35. The summed E-state index contributed by atoms with van der Waals surface area (Å²) in [4.78, 5) is 25.0. The van der Waals surface area contributed by atoms with E-state index in [9.17, 15) is 35.1 Å². The van der Waals surface area contributed by atoms with Gasteiger partial charge in [0.05, 0.1) is 14.2 Å². The fourth-order valence-electron chi connectivity index (χ4n) is 4.19. The van der Waals surface area contributed by atoms with Crippen molar-refractivity contribution in [2.75, 3.05) is 21.0 Å². The molecule has 0 amide bonds. The van der Waals surface area contributed by atoms with Crippen molar-refractivity contribution in [2.24, 2.45) is 0 Å². The molecule has 5 N–H and O–H groups in total. The van der Waals surface area contributed by atoms with Gasteiger partial charge in [-0.3, -0.25) is 4.79 Å². The Kier molecular flexibility index (Phi) is 6.40. The summed E-state index contributed by atoms with van der Waals surface area (Å²) < 4.78 is 36.8. The van der Waals surface area contributed by atoms with Gasteiger partial charge >= 0.3 is 5.97 Å². The standard InChI is InChI=1S/C24H22O14/c1-32-21-15(27)13-11(6-12-20(14(13)26)35-7-34-12)36-19(21)8-3-4-10(9(25)5-8)37-24-18(30)16(28)17(29)22(38-24)23(31)33-2/h3-6,16-18,22,24-26,28-30H,7H2,1-2H3/t16-,17-,18+,22-,24+/m0/s1. The van der Waals surface area contributed by atoms with Crippen LogP contribution in [-0.2, 0) is 14.3 Å². The normalized spacial score (nSPS) is 24.3. The van der Waals surface area contributed by atoms with Crippen LogP contribution in [0.25, 0.3) is 22.3 Å². The number of aromatic hydroxyl groups is 2. The second kappa shape index (κ2) is 9.57. The molecule has 2 aliphatic rings. The molecule has 0 radical (unpaired) electrons. The van der Waals surface area contributed by atoms with E-state index in [0.717, 1.165) is 13.2 Å². The highest BCUT2D eigenvalue weighted by Gasteiger charge is 2.48. The Bertz CT molecular complexity index is 1460. The average molecular weight is 534 g/mol. The highest BCUT2D eigenvalue weighted by Crippen LogP contribution is 2.46. The zero-order valence-corrected chi connectivity index (χ0v) is 19.8. The van der Waals surface area contributed by atoms with Crippen molar-refractivity contribution >= 4 is 16.9 Å². The minimum absolute atomic E-state index is 0.00190. The van der Waals surface area contributed by atoms with Gasteiger partial charge in [-0.05, 0) is 18.2 Å². The Balaban J connectivity index is 1.50. The maximum absolute atomic E-state index is 13.1. The fraction of sp³-hybridized carbons (Fsp3) is 0.333. The third kappa shape index (κ3) is 3.99. The summed E-state index contributed by atoms with van der Waals surface area (Å²) in [5.74, 6) is -2.43. The molecular formula is C24H22O14. The number of aliphatic hydroxyl groups is 3. The Morgan fingerprint density at radius 3 is 2.47 bits per heavy atom. The molecule has 5 rings (SSSR count). The van der Waals surface area contributed by atoms with Crippen molar-refractivity contribution in [3.63, 3.8) is 0 Å². The molecule has 0 aliphatic carbocycles. The molecule has 202 valence electrons. The number of carbonyl (C=O) groups is 1. The second-order valence-electron chi connectivity index (χ2n) is 8.35. The van der Waals surface area contributed by atoms with E-state index in [1.807, 2.05) is 0 Å². The molecule has 0 bridgehead atoms. The molecule has 0 unspecified atom stereocenters. The lowest BCUT2D eigenvalue weighted by molar-refractivity contribution is -0.272. The quantitative estimate of drug-likeness (QED) is 0.273. The van der Waals surface area contributed by atoms with Gasteiger partial charge in [0.15, 0.2) is 34.9 Å². The lowest BCUT2D eigenvalue weighted by Gasteiger charge is -2.38. The monoisotopic (exact) mass is 534 g/mol. The zero-order chi connectivity index (χ0) is 27.3. The highest BCUT2D eigenvalue weighted by atomic mass is 16.7. The van der Waals surface area contributed by atoms with Gasteiger partial charge in [-0.2, -0.15) is 0 Å². The first kappa shape index (κ1) is 25.4. The largest absolute Gasteiger partial charge is 0.504 e. The molecule has 38 heavy (non-hydrogen) atoms. The number of ether oxygens (including phenoxy) is 6. The number of hydrogen-bond donors (Lipinski definition) is 5. The first-order valence-electron chi connectivity index (χ1n) is 11.1. The van der Waals surface area contributed by atoms with Crippen molar-refractivity contribution in [3.05, 3.63) is 34.5 Å². The zero-order valence-electron chi connectivity index (χ0n) is 19.8. The number of carbonyl (C=O) groups excluding carboxylic acids is 1. The van der Waals surface area contributed by atoms with Gasteiger partial charge in [0.2, 0.25) is 30.0 Å². The molecule has 5 atom stereocenters. The Labute approximate surface area is 212 Å². The molecule has 1 fully saturated rings. The summed E-state index contributed by atoms with van der Waals surface area (Å²) in [7, 11) is 2.27. The predicted molar refractivity (Wildman–Crippen MR) is 123 cm³/mol. The number of fused-ring (bicyclic) bond motifs is 2. The Hall–Kier alpha value is -4.24. The topological polar surface area (TPSA) is 204 Å². The van der Waals surface area contributed by atoms with Gasteiger partial charge in [0.1, 0.15) is 29.3 Å². The molecule has 1 saturated heterocycles. The van der Waals surface area contributed by atoms with E-state index >= 15 is 0 Å². The molecule has 0 saturated carbocycles. The van der Waals surface area contributed by atoms with Crippen molar-refractivity contribution in [2.45, 2.75) is 30.7 Å². The van der Waals surface area contributed by atoms with Gasteiger partial charge in [0.25, 0.3) is 0 Å². The first-order valence-corrected chi connectivity index (χ1v) is 11.1. The van der Waals surface area contributed by atoms with E-state index in [1.54, 1.807) is 0 Å². The van der Waals surface area contributed by atoms with E-state index in [1.165, 1.54) is 25.3 Å². The first-order chi connectivity index (χ1) is 18.2. The smallest absolute Gasteiger partial charge is 0.337 e. The summed E-state index contributed by atoms with van der Waals surface area (Å²) in [5, 5.41) is 51.3. The number of phenols is 2. The number of aliphatic hydroxyl groups excluding tert-OH is 3. The van der Waals surface area contributed by atoms with Crippen LogP contribution in [0.5, 0.6) is 34.5 Å². The average Bonchev–Trinajstić information content (AvgIpc) is 3.38. The van der Waals surface area contributed by atoms with Crippen LogP contribution in [0.3, 0.4) is 0 Å². The Morgan fingerprint density at radius 2 is 1.79 bits per heavy atom. The summed E-state index contributed by atoms with van der Waals surface area (Å²) in [6.45, 7) is -0.150. The van der Waals surface area contributed by atoms with Gasteiger partial charge in [-0.15, -0.1) is 0 Å². The number of hydrogen-bond acceptors (Lipinski definition) is 14. The molecule has 2 aliphatic heterocycles. The van der Waals surface area contributed by atoms with Crippen molar-refractivity contribution in [1.82, 2.24) is 0 Å². The van der Waals surface area contributed by atoms with Crippen LogP contribution >= 0.6 is 0 Å². The molecule has 3 aromatic rings. The number of rotatable bonds is 5. The van der Waals surface area contributed by atoms with Crippen LogP contribution in [0.15, 0.2) is 33.5 Å². The fourth-order valence-corrected chi connectivity index (χ4v) is 4.19. The van der Waals surface area contributed by atoms with Crippen LogP contribution in [0.4, 0.5) is 0 Å². The van der Waals surface area contributed by atoms with E-state index in [-0.39, 0.29) is 52.1 Å². The molecule has 14 nitrogen and oxygen atoms in total. The van der Waals surface area contributed by atoms with Crippen molar-refractivity contribution in [3.8, 4) is 45.8 Å². The van der Waals surface area contributed by atoms with Gasteiger partial charge in [0, 0.05) is 11.6 Å². The predicted octanol–water partition coefficient (Wildman–Crippen LogP) is -0.0321. The van der Waals surface area contributed by atoms with Crippen LogP contribution in [0, 0.1) is 0 Å². The molecule has 0 spiro atoms. The molecule has 14 heteroatoms. The van der Waals surface area contributed by atoms with Crippen LogP contribution in [-0.4, -0.2) is 83.2 Å². The summed E-state index contributed by atoms with van der Waals surface area (Å²) in [6.07, 6.45) is -8.72. The van der Waals surface area contributed by atoms with E-state index in [0.29, 0.717) is 0 Å². The minimum Gasteiger partial charge on any atom is -0.504 e. The molecule has 1 aromatic heterocycles. The maximum atomic E-state index is 13.1. The molecule has 3 heterocycles. The molecule has 2 aromatic carbocycles. The van der Waals surface area contributed by atoms with Gasteiger partial charge in [-0.1, -0.05) is 0 Å². The van der Waals surface area contributed by atoms with Gasteiger partial charge < -0.3 is 58.4 Å². The summed E-state index contributed by atoms with van der Waals surface area (Å²) in [5.41, 5.74) is -0.581. The van der Waals surface area contributed by atoms with Crippen molar-refractivity contribution in [1.29, 1.82) is 0 Å². The summed E-state index contributed by atoms with van der Waals surface area (Å²) >= 11 is 0. The third-order valence-electron chi connectivity index (χ3n) is 6.12. The van der Waals surface area contributed by atoms with Crippen LogP contribution < -0.4 is 24.4 Å². The lowest BCUT2D eigenvalue weighted by Crippen LogP contribution is -2.61. The van der Waals surface area contributed by atoms with Gasteiger partial charge in [-0.25, -0.2) is 4.79 Å². The SMILES string of the molecule is COC(=O)[C@H]1O[C@@H](Oc2ccc(-c3oc4cc5c(c(O)c4c(=O)c3OC)OCO5)cc2O)[C@H](O)[C@@H](O)[C@@H]1O. The maximum Gasteiger partial charge on any atom is 0.337 e. The number of esters is 1. The van der Waals surface area contributed by atoms with E-state index in [2.05, 4.69) is 4.74 Å². The summed E-state index contributed by atoms with van der Waals surface area (Å²) in [6, 6.07) is 5.16.